The molecule has 3 heteroatoms. The van der Waals surface area contributed by atoms with Crippen molar-refractivity contribution in [2.45, 2.75) is 24.9 Å². The van der Waals surface area contributed by atoms with Gasteiger partial charge in [0.05, 0.1) is 0 Å². The first-order valence-corrected chi connectivity index (χ1v) is 5.34. The van der Waals surface area contributed by atoms with Gasteiger partial charge in [-0.25, -0.2) is 0 Å². The number of nitrogens with zero attached hydrogens (tertiary/aromatic N) is 2. The first-order chi connectivity index (χ1) is 6.04. The van der Waals surface area contributed by atoms with Crippen LogP contribution in [0.5, 0.6) is 0 Å². The number of likely N-dealkylation sites (N-methyl/N-ethyl adjacent to an activating group) is 2. The monoisotopic (exact) mass is 180 g/mol. The van der Waals surface area contributed by atoms with Gasteiger partial charge in [0.2, 0.25) is 0 Å². The molecule has 0 amide bonds. The minimum absolute atomic E-state index is 1.15. The van der Waals surface area contributed by atoms with Crippen molar-refractivity contribution in [1.29, 1.82) is 0 Å². The summed E-state index contributed by atoms with van der Waals surface area (Å²) in [6.45, 7) is 4.50. The molecule has 0 aromatic carbocycles. The predicted octanol–water partition coefficient (Wildman–Crippen LogP) is 1.48. The Bertz CT molecular complexity index is 75.0. The van der Waals surface area contributed by atoms with Crippen LogP contribution in [0.3, 0.4) is 0 Å². The predicted molar refractivity (Wildman–Crippen MR) is 62.6 cm³/mol. The van der Waals surface area contributed by atoms with E-state index in [2.05, 4.69) is 62.6 Å². The number of rotatable bonds is 5. The van der Waals surface area contributed by atoms with Gasteiger partial charge in [-0.05, 0) is 28.2 Å². The van der Waals surface area contributed by atoms with E-state index in [9.17, 15) is 0 Å². The molecule has 13 heavy (non-hydrogen) atoms. The molecular formula is C10H25LiN2. The van der Waals surface area contributed by atoms with Crippen LogP contribution < -0.4 is 0 Å². The maximum atomic E-state index is 2.21. The van der Waals surface area contributed by atoms with Crippen molar-refractivity contribution < 1.29 is 0 Å². The minimum atomic E-state index is 1.15. The summed E-state index contributed by atoms with van der Waals surface area (Å²) in [6, 6.07) is 0. The molecule has 0 aliphatic carbocycles. The molecule has 0 spiro atoms. The summed E-state index contributed by atoms with van der Waals surface area (Å²) in [5.41, 5.74) is 0. The molecule has 0 N–H and O–H groups in total. The van der Waals surface area contributed by atoms with E-state index in [4.69, 9.17) is 0 Å². The standard InChI is InChI=1S/C6H16N2.C4H9.Li/c1-7(2)5-6-8(3)4;1-3-4-2;/h5-6H2,1-4H3;1,3-4H2,2H3;. The Labute approximate surface area is 93.9 Å². The molecule has 76 valence electrons. The quantitative estimate of drug-likeness (QED) is 0.591. The molecule has 0 rings (SSSR count). The second-order valence-corrected chi connectivity index (χ2v) is 3.96. The molecule has 2 nitrogen and oxygen atoms in total. The molecule has 0 heterocycles. The third kappa shape index (κ3) is 24.5. The van der Waals surface area contributed by atoms with Crippen LogP contribution in [-0.2, 0) is 0 Å². The van der Waals surface area contributed by atoms with Crippen LogP contribution in [0.4, 0.5) is 0 Å². The van der Waals surface area contributed by atoms with E-state index in [-0.39, 0.29) is 0 Å². The fourth-order valence-electron chi connectivity index (χ4n) is 0.754. The fraction of sp³-hybridized carbons (Fsp3) is 1.00. The third-order valence-corrected chi connectivity index (χ3v) is 1.70. The van der Waals surface area contributed by atoms with Crippen molar-refractivity contribution in [3.63, 3.8) is 0 Å². The Morgan fingerprint density at radius 2 is 1.31 bits per heavy atom. The van der Waals surface area contributed by atoms with Gasteiger partial charge in [0, 0.05) is 13.1 Å². The van der Waals surface area contributed by atoms with Gasteiger partial charge in [0.25, 0.3) is 0 Å². The molecule has 0 aliphatic rings. The molecule has 0 aliphatic heterocycles. The summed E-state index contributed by atoms with van der Waals surface area (Å²) in [4.78, 5) is 4.36. The summed E-state index contributed by atoms with van der Waals surface area (Å²) < 4.78 is 0. The normalized spacial score (nSPS) is 10.2. The van der Waals surface area contributed by atoms with Crippen LogP contribution in [0.2, 0.25) is 5.09 Å². The Kier molecular flexibility index (Phi) is 15.4. The molecule has 0 unspecified atom stereocenters. The third-order valence-electron chi connectivity index (χ3n) is 1.70. The van der Waals surface area contributed by atoms with E-state index in [1.54, 1.807) is 0 Å². The number of unbranched alkanes of at least 4 members (excludes halogenated alkanes) is 1. The van der Waals surface area contributed by atoms with E-state index in [1.165, 1.54) is 17.9 Å². The molecule has 0 aromatic rings. The molecule has 0 fully saturated rings. The Hall–Kier alpha value is 0.517. The van der Waals surface area contributed by atoms with Crippen LogP contribution >= 0.6 is 0 Å². The molecular weight excluding hydrogens is 155 g/mol. The first kappa shape index (κ1) is 16.0. The SMILES string of the molecule is CN(C)CCN(C)C.[Li][CH2]CCC. The van der Waals surface area contributed by atoms with Crippen molar-refractivity contribution in [1.82, 2.24) is 9.80 Å². The molecule has 0 aromatic heterocycles. The molecule has 0 saturated carbocycles. The zero-order valence-electron chi connectivity index (χ0n) is 10.4. The Morgan fingerprint density at radius 3 is 1.38 bits per heavy atom. The van der Waals surface area contributed by atoms with Gasteiger partial charge in [-0.1, -0.05) is 0 Å². The van der Waals surface area contributed by atoms with Gasteiger partial charge >= 0.3 is 42.6 Å². The first-order valence-electron chi connectivity index (χ1n) is 5.34. The van der Waals surface area contributed by atoms with Gasteiger partial charge in [0.1, 0.15) is 0 Å². The summed E-state index contributed by atoms with van der Waals surface area (Å²) in [6.07, 6.45) is 2.73. The fourth-order valence-corrected chi connectivity index (χ4v) is 0.754. The van der Waals surface area contributed by atoms with Gasteiger partial charge < -0.3 is 9.80 Å². The molecule has 0 radical (unpaired) electrons. The number of hydrogen-bond acceptors (Lipinski definition) is 2. The van der Waals surface area contributed by atoms with Crippen molar-refractivity contribution >= 4 is 17.7 Å². The summed E-state index contributed by atoms with van der Waals surface area (Å²) in [5.74, 6) is 0. The number of hydrogen-bond donors (Lipinski definition) is 0. The summed E-state index contributed by atoms with van der Waals surface area (Å²) >= 11 is 2.21. The van der Waals surface area contributed by atoms with E-state index in [0.29, 0.717) is 0 Å². The van der Waals surface area contributed by atoms with Crippen LogP contribution in [0.15, 0.2) is 0 Å². The summed E-state index contributed by atoms with van der Waals surface area (Å²) in [5, 5.41) is 1.34. The second kappa shape index (κ2) is 12.5. The van der Waals surface area contributed by atoms with Crippen molar-refractivity contribution in [2.75, 3.05) is 41.3 Å². The summed E-state index contributed by atoms with van der Waals surface area (Å²) in [7, 11) is 8.35. The van der Waals surface area contributed by atoms with Gasteiger partial charge in [-0.15, -0.1) is 0 Å². The van der Waals surface area contributed by atoms with Crippen molar-refractivity contribution in [2.24, 2.45) is 0 Å². The average molecular weight is 180 g/mol. The average Bonchev–Trinajstić information content (AvgIpc) is 2.03. The van der Waals surface area contributed by atoms with Crippen LogP contribution in [0, 0.1) is 0 Å². The van der Waals surface area contributed by atoms with E-state index in [0.717, 1.165) is 13.1 Å². The van der Waals surface area contributed by atoms with Gasteiger partial charge in [-0.3, -0.25) is 0 Å². The van der Waals surface area contributed by atoms with Crippen molar-refractivity contribution in [3.8, 4) is 0 Å². The maximum absolute atomic E-state index is 2.21. The zero-order valence-corrected chi connectivity index (χ0v) is 10.4. The van der Waals surface area contributed by atoms with E-state index in [1.807, 2.05) is 0 Å². The van der Waals surface area contributed by atoms with Crippen molar-refractivity contribution in [3.05, 3.63) is 0 Å². The van der Waals surface area contributed by atoms with Crippen LogP contribution in [-0.4, -0.2) is 68.8 Å². The van der Waals surface area contributed by atoms with Crippen LogP contribution in [0.1, 0.15) is 19.8 Å². The van der Waals surface area contributed by atoms with E-state index < -0.39 is 0 Å². The van der Waals surface area contributed by atoms with Gasteiger partial charge in [0.15, 0.2) is 0 Å². The second-order valence-electron chi connectivity index (χ2n) is 3.96. The zero-order chi connectivity index (χ0) is 10.7. The Balaban J connectivity index is 0. The molecule has 0 atom stereocenters. The van der Waals surface area contributed by atoms with E-state index >= 15 is 0 Å². The topological polar surface area (TPSA) is 6.48 Å². The Morgan fingerprint density at radius 1 is 0.923 bits per heavy atom. The molecule has 0 saturated heterocycles. The van der Waals surface area contributed by atoms with Gasteiger partial charge in [-0.2, -0.15) is 0 Å². The van der Waals surface area contributed by atoms with Crippen LogP contribution in [0.25, 0.3) is 0 Å². The molecule has 0 bridgehead atoms.